The predicted molar refractivity (Wildman–Crippen MR) is 181 cm³/mol. The van der Waals surface area contributed by atoms with Crippen molar-refractivity contribution < 1.29 is 13.2 Å². The highest BCUT2D eigenvalue weighted by molar-refractivity contribution is 5.80. The van der Waals surface area contributed by atoms with E-state index in [1.165, 1.54) is 11.6 Å². The van der Waals surface area contributed by atoms with Crippen molar-refractivity contribution in [2.75, 3.05) is 89.8 Å². The van der Waals surface area contributed by atoms with Crippen molar-refractivity contribution in [3.05, 3.63) is 83.7 Å². The predicted octanol–water partition coefficient (Wildman–Crippen LogP) is 5.50. The van der Waals surface area contributed by atoms with Crippen LogP contribution >= 0.6 is 0 Å². The van der Waals surface area contributed by atoms with Gasteiger partial charge in [0.05, 0.1) is 16.9 Å². The Morgan fingerprint density at radius 2 is 1.64 bits per heavy atom. The average molecular weight is 626 g/mol. The molecule has 0 radical (unpaired) electrons. The Labute approximate surface area is 267 Å². The van der Waals surface area contributed by atoms with Gasteiger partial charge in [-0.1, -0.05) is 50.3 Å². The molecule has 2 heterocycles. The van der Waals surface area contributed by atoms with Gasteiger partial charge in [-0.3, -0.25) is 9.80 Å². The average Bonchev–Trinajstić information content (AvgIpc) is 3.02. The lowest BCUT2D eigenvalue weighted by Crippen LogP contribution is -2.47. The lowest BCUT2D eigenvalue weighted by atomic mass is 9.99. The van der Waals surface area contributed by atoms with E-state index in [2.05, 4.69) is 80.3 Å². The van der Waals surface area contributed by atoms with Gasteiger partial charge in [-0.2, -0.15) is 13.2 Å². The summed E-state index contributed by atoms with van der Waals surface area (Å²) in [5.41, 5.74) is 9.95. The van der Waals surface area contributed by atoms with Gasteiger partial charge in [-0.05, 0) is 55.4 Å². The van der Waals surface area contributed by atoms with Gasteiger partial charge in [0.1, 0.15) is 0 Å². The molecule has 2 saturated heterocycles. The number of nitrogens with one attached hydrogen (secondary N) is 2. The highest BCUT2D eigenvalue weighted by Crippen LogP contribution is 2.38. The molecule has 4 rings (SSSR count). The fourth-order valence-corrected chi connectivity index (χ4v) is 5.94. The third-order valence-electron chi connectivity index (χ3n) is 8.66. The van der Waals surface area contributed by atoms with E-state index >= 15 is 0 Å². The van der Waals surface area contributed by atoms with Gasteiger partial charge in [0.15, 0.2) is 0 Å². The molecule has 0 aromatic heterocycles. The first kappa shape index (κ1) is 34.6. The van der Waals surface area contributed by atoms with E-state index in [-0.39, 0.29) is 11.3 Å². The smallest absolute Gasteiger partial charge is 0.404 e. The largest absolute Gasteiger partial charge is 0.416 e. The normalized spacial score (nSPS) is 18.0. The molecule has 0 amide bonds. The number of unbranched alkanes of at least 4 members (excludes halogenated alkanes) is 1. The van der Waals surface area contributed by atoms with Crippen LogP contribution in [0.5, 0.6) is 0 Å². The Bertz CT molecular complexity index is 1320. The number of hydrogen-bond acceptors (Lipinski definition) is 7. The minimum absolute atomic E-state index is 0.118. The van der Waals surface area contributed by atoms with Crippen LogP contribution in [0.25, 0.3) is 11.1 Å². The van der Waals surface area contributed by atoms with E-state index < -0.39 is 11.7 Å². The number of rotatable bonds is 13. The molecule has 2 aromatic carbocycles. The van der Waals surface area contributed by atoms with Crippen molar-refractivity contribution in [1.82, 2.24) is 20.0 Å². The molecule has 45 heavy (non-hydrogen) atoms. The molecule has 4 N–H and O–H groups in total. The summed E-state index contributed by atoms with van der Waals surface area (Å²) < 4.78 is 42.3. The molecule has 10 heteroatoms. The van der Waals surface area contributed by atoms with Gasteiger partial charge < -0.3 is 26.2 Å². The zero-order chi connectivity index (χ0) is 32.4. The van der Waals surface area contributed by atoms with Crippen molar-refractivity contribution in [1.29, 1.82) is 0 Å². The third-order valence-corrected chi connectivity index (χ3v) is 8.66. The zero-order valence-corrected chi connectivity index (χ0v) is 27.1. The van der Waals surface area contributed by atoms with Crippen molar-refractivity contribution in [2.24, 2.45) is 5.73 Å². The number of nitrogens with two attached hydrogens (primary N) is 1. The van der Waals surface area contributed by atoms with Crippen molar-refractivity contribution >= 4 is 11.4 Å². The Balaban J connectivity index is 1.59. The minimum atomic E-state index is -4.55. The summed E-state index contributed by atoms with van der Waals surface area (Å²) in [6.45, 7) is 16.5. The van der Waals surface area contributed by atoms with E-state index in [0.29, 0.717) is 18.5 Å². The van der Waals surface area contributed by atoms with Gasteiger partial charge in [-0.25, -0.2) is 0 Å². The number of hydrogen-bond donors (Lipinski definition) is 3. The molecule has 0 bridgehead atoms. The van der Waals surface area contributed by atoms with Crippen molar-refractivity contribution in [2.45, 2.75) is 32.5 Å². The number of benzene rings is 2. The zero-order valence-electron chi connectivity index (χ0n) is 27.1. The summed E-state index contributed by atoms with van der Waals surface area (Å²) in [6, 6.07) is 14.7. The summed E-state index contributed by atoms with van der Waals surface area (Å²) in [7, 11) is 4.08. The molecule has 246 valence electrons. The maximum Gasteiger partial charge on any atom is 0.416 e. The second-order valence-corrected chi connectivity index (χ2v) is 12.0. The summed E-state index contributed by atoms with van der Waals surface area (Å²) in [5.74, 6) is 0. The van der Waals surface area contributed by atoms with Crippen molar-refractivity contribution in [3.8, 4) is 11.1 Å². The molecule has 7 nitrogen and oxygen atoms in total. The number of anilines is 2. The van der Waals surface area contributed by atoms with E-state index in [0.717, 1.165) is 95.0 Å². The van der Waals surface area contributed by atoms with Crippen molar-refractivity contribution in [3.63, 3.8) is 0 Å². The fraction of sp³-hybridized carbons (Fsp3) is 0.486. The lowest BCUT2D eigenvalue weighted by Gasteiger charge is -2.35. The molecule has 2 aliphatic rings. The first-order chi connectivity index (χ1) is 21.6. The van der Waals surface area contributed by atoms with Crippen LogP contribution in [0.1, 0.15) is 25.3 Å². The Kier molecular flexibility index (Phi) is 12.5. The minimum Gasteiger partial charge on any atom is -0.404 e. The Hall–Kier alpha value is -3.31. The Morgan fingerprint density at radius 1 is 0.956 bits per heavy atom. The highest BCUT2D eigenvalue weighted by Gasteiger charge is 2.36. The first-order valence-corrected chi connectivity index (χ1v) is 16.0. The molecule has 0 spiro atoms. The summed E-state index contributed by atoms with van der Waals surface area (Å²) >= 11 is 0. The summed E-state index contributed by atoms with van der Waals surface area (Å²) in [6.07, 6.45) is -1.44. The number of piperazine rings is 2. The van der Waals surface area contributed by atoms with Crippen LogP contribution in [-0.4, -0.2) is 100 Å². The van der Waals surface area contributed by atoms with Crippen LogP contribution < -0.4 is 21.3 Å². The van der Waals surface area contributed by atoms with E-state index in [9.17, 15) is 13.2 Å². The third kappa shape index (κ3) is 9.59. The second kappa shape index (κ2) is 16.3. The van der Waals surface area contributed by atoms with Crippen LogP contribution in [0.4, 0.5) is 24.5 Å². The number of nitrogens with zero attached hydrogens (tertiary/aromatic N) is 4. The highest BCUT2D eigenvalue weighted by atomic mass is 19.4. The van der Waals surface area contributed by atoms with Crippen LogP contribution in [0.2, 0.25) is 0 Å². The van der Waals surface area contributed by atoms with Crippen LogP contribution in [0, 0.1) is 0 Å². The fourth-order valence-electron chi connectivity index (χ4n) is 5.94. The molecule has 2 fully saturated rings. The number of alkyl halides is 3. The molecule has 0 saturated carbocycles. The summed E-state index contributed by atoms with van der Waals surface area (Å²) in [5, 5.41) is 6.48. The van der Waals surface area contributed by atoms with Crippen LogP contribution in [-0.2, 0) is 6.54 Å². The topological polar surface area (TPSA) is 63.0 Å². The van der Waals surface area contributed by atoms with E-state index in [1.807, 2.05) is 20.0 Å². The standard InChI is InChI=1S/C35H50F3N7/c1-5-6-10-32(35(36,37)38)31(25-39)27(2)41-33-24-30(11-12-34(33)45-21-15-42(4)16-22-45)29-9-7-8-28(23-29)26-44-19-17-43(18-20-44)14-13-40-3/h7-12,23-25,40-41H,2,5-6,13-22,26,39H2,1,3-4H3/b31-25-,32-10+. The van der Waals surface area contributed by atoms with Crippen LogP contribution in [0.15, 0.2) is 78.2 Å². The quantitative estimate of drug-likeness (QED) is 0.254. The van der Waals surface area contributed by atoms with Gasteiger partial charge >= 0.3 is 6.18 Å². The van der Waals surface area contributed by atoms with Crippen LogP contribution in [0.3, 0.4) is 0 Å². The second-order valence-electron chi connectivity index (χ2n) is 12.0. The monoisotopic (exact) mass is 625 g/mol. The molecular weight excluding hydrogens is 575 g/mol. The van der Waals surface area contributed by atoms with Gasteiger partial charge in [0.25, 0.3) is 0 Å². The summed E-state index contributed by atoms with van der Waals surface area (Å²) in [4.78, 5) is 9.53. The number of likely N-dealkylation sites (N-methyl/N-ethyl adjacent to an activating group) is 2. The SMILES string of the molecule is C=C(Nc1cc(-c2cccc(CN3CCN(CCNC)CC3)c2)ccc1N1CCN(C)CC1)C(=C/N)/C(=C\CCC)C(F)(F)F. The Morgan fingerprint density at radius 3 is 2.29 bits per heavy atom. The molecule has 0 aliphatic carbocycles. The molecule has 2 aliphatic heterocycles. The first-order valence-electron chi connectivity index (χ1n) is 16.0. The van der Waals surface area contributed by atoms with Gasteiger partial charge in [-0.15, -0.1) is 0 Å². The number of allylic oxidation sites excluding steroid dienone is 2. The van der Waals surface area contributed by atoms with E-state index in [4.69, 9.17) is 5.73 Å². The van der Waals surface area contributed by atoms with Gasteiger partial charge in [0, 0.05) is 89.5 Å². The molecule has 0 atom stereocenters. The maximum atomic E-state index is 14.1. The lowest BCUT2D eigenvalue weighted by molar-refractivity contribution is -0.0893. The van der Waals surface area contributed by atoms with E-state index in [1.54, 1.807) is 0 Å². The van der Waals surface area contributed by atoms with Gasteiger partial charge in [0.2, 0.25) is 0 Å². The maximum absolute atomic E-state index is 14.1. The number of halogens is 3. The molecule has 2 aromatic rings. The molecule has 0 unspecified atom stereocenters. The molecular formula is C35H50F3N7.